The van der Waals surface area contributed by atoms with Crippen molar-refractivity contribution in [3.63, 3.8) is 0 Å². The van der Waals surface area contributed by atoms with Gasteiger partial charge >= 0.3 is 0 Å². The van der Waals surface area contributed by atoms with Crippen molar-refractivity contribution < 1.29 is 0 Å². The summed E-state index contributed by atoms with van der Waals surface area (Å²) in [6, 6.07) is 0.892. The van der Waals surface area contributed by atoms with Gasteiger partial charge in [0, 0.05) is 6.04 Å². The van der Waals surface area contributed by atoms with E-state index in [9.17, 15) is 0 Å². The van der Waals surface area contributed by atoms with E-state index in [2.05, 4.69) is 17.1 Å². The minimum atomic E-state index is 0.892. The Bertz CT molecular complexity index is 147. The Labute approximate surface area is 95.4 Å². The molecule has 0 radical (unpaired) electrons. The second kappa shape index (κ2) is 8.12. The van der Waals surface area contributed by atoms with Gasteiger partial charge in [-0.25, -0.2) is 0 Å². The smallest absolute Gasteiger partial charge is 0.00926 e. The van der Waals surface area contributed by atoms with Crippen LogP contribution in [0.3, 0.4) is 0 Å². The topological polar surface area (TPSA) is 15.3 Å². The van der Waals surface area contributed by atoms with Crippen LogP contribution in [0.4, 0.5) is 0 Å². The van der Waals surface area contributed by atoms with Gasteiger partial charge in [0.1, 0.15) is 0 Å². The minimum Gasteiger partial charge on any atom is -0.320 e. The molecule has 1 N–H and O–H groups in total. The molecular formula is C13H28N2. The minimum absolute atomic E-state index is 0.892. The number of piperidine rings is 1. The fourth-order valence-corrected chi connectivity index (χ4v) is 2.61. The van der Waals surface area contributed by atoms with Gasteiger partial charge in [-0.15, -0.1) is 0 Å². The number of likely N-dealkylation sites (tertiary alicyclic amines) is 1. The molecule has 2 heteroatoms. The number of hydrogen-bond donors (Lipinski definition) is 1. The molecule has 1 heterocycles. The van der Waals surface area contributed by atoms with Crippen molar-refractivity contribution in [1.29, 1.82) is 0 Å². The van der Waals surface area contributed by atoms with E-state index in [4.69, 9.17) is 0 Å². The summed E-state index contributed by atoms with van der Waals surface area (Å²) in [6.07, 6.45) is 9.76. The molecule has 1 rings (SSSR count). The molecule has 1 fully saturated rings. The van der Waals surface area contributed by atoms with Gasteiger partial charge in [0.05, 0.1) is 0 Å². The van der Waals surface area contributed by atoms with Gasteiger partial charge in [-0.3, -0.25) is 0 Å². The highest BCUT2D eigenvalue weighted by atomic mass is 15.2. The van der Waals surface area contributed by atoms with Crippen molar-refractivity contribution in [2.24, 2.45) is 0 Å². The van der Waals surface area contributed by atoms with Crippen LogP contribution in [-0.2, 0) is 0 Å². The molecule has 1 aliphatic heterocycles. The molecule has 0 bridgehead atoms. The summed E-state index contributed by atoms with van der Waals surface area (Å²) in [4.78, 5) is 2.73. The van der Waals surface area contributed by atoms with E-state index in [0.29, 0.717) is 0 Å². The lowest BCUT2D eigenvalue weighted by molar-refractivity contribution is 0.141. The van der Waals surface area contributed by atoms with Crippen LogP contribution in [-0.4, -0.2) is 37.6 Å². The number of nitrogens with one attached hydrogen (secondary N) is 1. The van der Waals surface area contributed by atoms with Crippen molar-refractivity contribution in [3.05, 3.63) is 0 Å². The Morgan fingerprint density at radius 3 is 2.80 bits per heavy atom. The molecule has 90 valence electrons. The Balaban J connectivity index is 2.07. The van der Waals surface area contributed by atoms with E-state index in [-0.39, 0.29) is 0 Å². The summed E-state index contributed by atoms with van der Waals surface area (Å²) in [7, 11) is 2.04. The zero-order chi connectivity index (χ0) is 10.9. The van der Waals surface area contributed by atoms with Crippen LogP contribution in [0.1, 0.15) is 51.9 Å². The first-order valence-electron chi connectivity index (χ1n) is 6.77. The molecule has 0 aromatic rings. The second-order valence-electron chi connectivity index (χ2n) is 4.76. The first-order valence-corrected chi connectivity index (χ1v) is 6.77. The third kappa shape index (κ3) is 4.98. The van der Waals surface area contributed by atoms with Crippen LogP contribution in [0.2, 0.25) is 0 Å². The Morgan fingerprint density at radius 2 is 2.07 bits per heavy atom. The van der Waals surface area contributed by atoms with Crippen molar-refractivity contribution in [3.8, 4) is 0 Å². The van der Waals surface area contributed by atoms with Crippen LogP contribution in [0.25, 0.3) is 0 Å². The SMILES string of the molecule is CCC1CCCCN1CCCCCNC. The van der Waals surface area contributed by atoms with Crippen LogP contribution in [0.15, 0.2) is 0 Å². The van der Waals surface area contributed by atoms with Gasteiger partial charge in [-0.05, 0) is 58.8 Å². The molecule has 1 aliphatic rings. The van der Waals surface area contributed by atoms with Crippen molar-refractivity contribution in [2.45, 2.75) is 57.9 Å². The molecule has 0 aliphatic carbocycles. The summed E-state index contributed by atoms with van der Waals surface area (Å²) in [5, 5.41) is 3.21. The number of nitrogens with zero attached hydrogens (tertiary/aromatic N) is 1. The predicted molar refractivity (Wildman–Crippen MR) is 67.3 cm³/mol. The average Bonchev–Trinajstić information content (AvgIpc) is 2.29. The summed E-state index contributed by atoms with van der Waals surface area (Å²) in [5.41, 5.74) is 0. The summed E-state index contributed by atoms with van der Waals surface area (Å²) >= 11 is 0. The summed E-state index contributed by atoms with van der Waals surface area (Å²) < 4.78 is 0. The standard InChI is InChI=1S/C13H28N2/c1-3-13-9-5-8-12-15(13)11-7-4-6-10-14-2/h13-14H,3-12H2,1-2H3. The van der Waals surface area contributed by atoms with Crippen LogP contribution < -0.4 is 5.32 Å². The van der Waals surface area contributed by atoms with Crippen molar-refractivity contribution in [1.82, 2.24) is 10.2 Å². The molecule has 15 heavy (non-hydrogen) atoms. The molecule has 0 aromatic heterocycles. The second-order valence-corrected chi connectivity index (χ2v) is 4.76. The third-order valence-corrected chi connectivity index (χ3v) is 3.59. The highest BCUT2D eigenvalue weighted by molar-refractivity contribution is 4.75. The molecule has 2 nitrogen and oxygen atoms in total. The van der Waals surface area contributed by atoms with Crippen LogP contribution in [0, 0.1) is 0 Å². The first kappa shape index (κ1) is 13.0. The van der Waals surface area contributed by atoms with Gasteiger partial charge in [0.25, 0.3) is 0 Å². The zero-order valence-electron chi connectivity index (χ0n) is 10.6. The van der Waals surface area contributed by atoms with E-state index in [1.54, 1.807) is 0 Å². The quantitative estimate of drug-likeness (QED) is 0.653. The van der Waals surface area contributed by atoms with E-state index in [1.807, 2.05) is 7.05 Å². The Morgan fingerprint density at radius 1 is 1.20 bits per heavy atom. The van der Waals surface area contributed by atoms with Crippen molar-refractivity contribution >= 4 is 0 Å². The molecule has 1 unspecified atom stereocenters. The summed E-state index contributed by atoms with van der Waals surface area (Å²) in [6.45, 7) is 6.20. The highest BCUT2D eigenvalue weighted by Crippen LogP contribution is 2.19. The fraction of sp³-hybridized carbons (Fsp3) is 1.00. The lowest BCUT2D eigenvalue weighted by Crippen LogP contribution is -2.39. The predicted octanol–water partition coefficient (Wildman–Crippen LogP) is 2.64. The molecular weight excluding hydrogens is 184 g/mol. The van der Waals surface area contributed by atoms with E-state index in [0.717, 1.165) is 6.04 Å². The average molecular weight is 212 g/mol. The monoisotopic (exact) mass is 212 g/mol. The molecule has 0 amide bonds. The maximum atomic E-state index is 3.21. The normalized spacial score (nSPS) is 23.2. The molecule has 0 aromatic carbocycles. The molecule has 1 saturated heterocycles. The Kier molecular flexibility index (Phi) is 7.03. The number of hydrogen-bond acceptors (Lipinski definition) is 2. The fourth-order valence-electron chi connectivity index (χ4n) is 2.61. The van der Waals surface area contributed by atoms with Gasteiger partial charge in [0.2, 0.25) is 0 Å². The van der Waals surface area contributed by atoms with Gasteiger partial charge < -0.3 is 10.2 Å². The van der Waals surface area contributed by atoms with Gasteiger partial charge in [-0.1, -0.05) is 19.8 Å². The highest BCUT2D eigenvalue weighted by Gasteiger charge is 2.19. The maximum Gasteiger partial charge on any atom is 0.00926 e. The molecule has 0 saturated carbocycles. The molecule has 1 atom stereocenters. The largest absolute Gasteiger partial charge is 0.320 e. The van der Waals surface area contributed by atoms with Crippen LogP contribution in [0.5, 0.6) is 0 Å². The van der Waals surface area contributed by atoms with Crippen LogP contribution >= 0.6 is 0 Å². The zero-order valence-corrected chi connectivity index (χ0v) is 10.6. The van der Waals surface area contributed by atoms with Gasteiger partial charge in [-0.2, -0.15) is 0 Å². The number of rotatable bonds is 7. The van der Waals surface area contributed by atoms with E-state index < -0.39 is 0 Å². The van der Waals surface area contributed by atoms with E-state index >= 15 is 0 Å². The lowest BCUT2D eigenvalue weighted by Gasteiger charge is -2.35. The molecule has 0 spiro atoms. The number of unbranched alkanes of at least 4 members (excludes halogenated alkanes) is 2. The van der Waals surface area contributed by atoms with Gasteiger partial charge in [0.15, 0.2) is 0 Å². The van der Waals surface area contributed by atoms with E-state index in [1.165, 1.54) is 64.6 Å². The van der Waals surface area contributed by atoms with Crippen molar-refractivity contribution in [2.75, 3.05) is 26.7 Å². The maximum absolute atomic E-state index is 3.21. The Hall–Kier alpha value is -0.0800. The summed E-state index contributed by atoms with van der Waals surface area (Å²) in [5.74, 6) is 0. The first-order chi connectivity index (χ1) is 7.38. The lowest BCUT2D eigenvalue weighted by atomic mass is 9.99. The third-order valence-electron chi connectivity index (χ3n) is 3.59.